The van der Waals surface area contributed by atoms with Crippen LogP contribution >= 0.6 is 0 Å². The average molecular weight is 222 g/mol. The number of methoxy groups -OCH3 is 1. The van der Waals surface area contributed by atoms with Crippen molar-refractivity contribution in [3.05, 3.63) is 22.8 Å². The van der Waals surface area contributed by atoms with Crippen LogP contribution in [0.1, 0.15) is 47.0 Å². The van der Waals surface area contributed by atoms with Crippen LogP contribution in [0.15, 0.2) is 22.8 Å². The van der Waals surface area contributed by atoms with Crippen LogP contribution in [-0.4, -0.2) is 18.5 Å². The second-order valence-corrected chi connectivity index (χ2v) is 4.56. The molecule has 0 aromatic heterocycles. The molecule has 16 heavy (non-hydrogen) atoms. The molecule has 1 aliphatic carbocycles. The van der Waals surface area contributed by atoms with Gasteiger partial charge in [0.1, 0.15) is 0 Å². The molecule has 1 atom stereocenters. The van der Waals surface area contributed by atoms with E-state index < -0.39 is 5.60 Å². The summed E-state index contributed by atoms with van der Waals surface area (Å²) in [6.07, 6.45) is 4.48. The Morgan fingerprint density at radius 3 is 2.56 bits per heavy atom. The van der Waals surface area contributed by atoms with Crippen LogP contribution in [0.4, 0.5) is 0 Å². The Kier molecular flexibility index (Phi) is 4.09. The van der Waals surface area contributed by atoms with E-state index >= 15 is 0 Å². The lowest BCUT2D eigenvalue weighted by Crippen LogP contribution is -2.44. The third kappa shape index (κ3) is 1.86. The monoisotopic (exact) mass is 222 g/mol. The predicted octanol–water partition coefficient (Wildman–Crippen LogP) is 3.43. The molecule has 0 radical (unpaired) electrons. The number of hydrogen-bond acceptors (Lipinski definition) is 2. The fourth-order valence-corrected chi connectivity index (χ4v) is 2.46. The molecule has 1 rings (SSSR count). The minimum atomic E-state index is -0.779. The molecule has 0 aromatic carbocycles. The standard InChI is InChI=1S/C14H22O2/c1-6-7-13(15)14(16-5)11(3)9-8-10(2)12(14)4/h9H,6-8H2,1-5H3. The second kappa shape index (κ2) is 4.96. The van der Waals surface area contributed by atoms with E-state index in [-0.39, 0.29) is 5.78 Å². The van der Waals surface area contributed by atoms with Crippen molar-refractivity contribution in [1.29, 1.82) is 0 Å². The van der Waals surface area contributed by atoms with Gasteiger partial charge in [-0.2, -0.15) is 0 Å². The summed E-state index contributed by atoms with van der Waals surface area (Å²) in [6.45, 7) is 8.11. The van der Waals surface area contributed by atoms with Crippen molar-refractivity contribution in [3.8, 4) is 0 Å². The Labute approximate surface area is 98.4 Å². The third-order valence-corrected chi connectivity index (χ3v) is 3.61. The molecule has 0 spiro atoms. The Balaban J connectivity index is 3.23. The number of allylic oxidation sites excluding steroid dienone is 2. The van der Waals surface area contributed by atoms with Gasteiger partial charge in [0.15, 0.2) is 11.4 Å². The zero-order valence-electron chi connectivity index (χ0n) is 11.0. The summed E-state index contributed by atoms with van der Waals surface area (Å²) in [5, 5.41) is 0. The lowest BCUT2D eigenvalue weighted by molar-refractivity contribution is -0.133. The summed E-state index contributed by atoms with van der Waals surface area (Å²) in [5.74, 6) is 0.183. The van der Waals surface area contributed by atoms with E-state index in [1.54, 1.807) is 7.11 Å². The maximum Gasteiger partial charge on any atom is 0.173 e. The normalized spacial score (nSPS) is 25.7. The van der Waals surface area contributed by atoms with Gasteiger partial charge >= 0.3 is 0 Å². The number of ether oxygens (including phenoxy) is 1. The maximum atomic E-state index is 12.3. The first-order valence-corrected chi connectivity index (χ1v) is 5.93. The SMILES string of the molecule is CCCC(=O)C1(OC)C(C)=CCC(C)=C1C. The summed E-state index contributed by atoms with van der Waals surface area (Å²) < 4.78 is 5.61. The van der Waals surface area contributed by atoms with Gasteiger partial charge in [0.2, 0.25) is 0 Å². The van der Waals surface area contributed by atoms with Crippen LogP contribution in [0.5, 0.6) is 0 Å². The lowest BCUT2D eigenvalue weighted by atomic mass is 9.75. The molecule has 0 amide bonds. The molecule has 0 bridgehead atoms. The topological polar surface area (TPSA) is 26.3 Å². The van der Waals surface area contributed by atoms with E-state index in [0.717, 1.165) is 24.0 Å². The van der Waals surface area contributed by atoms with Crippen LogP contribution in [0.25, 0.3) is 0 Å². The highest BCUT2D eigenvalue weighted by Crippen LogP contribution is 2.38. The van der Waals surface area contributed by atoms with Crippen molar-refractivity contribution in [3.63, 3.8) is 0 Å². The molecule has 90 valence electrons. The Morgan fingerprint density at radius 2 is 2.06 bits per heavy atom. The summed E-state index contributed by atoms with van der Waals surface area (Å²) in [4.78, 5) is 12.3. The second-order valence-electron chi connectivity index (χ2n) is 4.56. The largest absolute Gasteiger partial charge is 0.362 e. The first-order valence-electron chi connectivity index (χ1n) is 5.93. The highest BCUT2D eigenvalue weighted by atomic mass is 16.5. The first-order chi connectivity index (χ1) is 7.50. The van der Waals surface area contributed by atoms with Gasteiger partial charge in [-0.15, -0.1) is 0 Å². The van der Waals surface area contributed by atoms with Gasteiger partial charge in [0, 0.05) is 13.5 Å². The number of carbonyl (C=O) groups excluding carboxylic acids is 1. The van der Waals surface area contributed by atoms with Crippen molar-refractivity contribution in [2.75, 3.05) is 7.11 Å². The highest BCUT2D eigenvalue weighted by Gasteiger charge is 2.43. The highest BCUT2D eigenvalue weighted by molar-refractivity contribution is 5.94. The predicted molar refractivity (Wildman–Crippen MR) is 66.4 cm³/mol. The van der Waals surface area contributed by atoms with Crippen LogP contribution in [-0.2, 0) is 9.53 Å². The minimum absolute atomic E-state index is 0.183. The molecule has 2 nitrogen and oxygen atoms in total. The van der Waals surface area contributed by atoms with Crippen LogP contribution in [0.3, 0.4) is 0 Å². The van der Waals surface area contributed by atoms with Crippen LogP contribution < -0.4 is 0 Å². The molecule has 1 aliphatic rings. The number of ketones is 1. The van der Waals surface area contributed by atoms with E-state index in [9.17, 15) is 4.79 Å². The van der Waals surface area contributed by atoms with Gasteiger partial charge in [-0.1, -0.05) is 18.6 Å². The van der Waals surface area contributed by atoms with Crippen LogP contribution in [0.2, 0.25) is 0 Å². The van der Waals surface area contributed by atoms with E-state index in [4.69, 9.17) is 4.74 Å². The zero-order valence-corrected chi connectivity index (χ0v) is 11.0. The molecule has 2 heteroatoms. The van der Waals surface area contributed by atoms with Crippen molar-refractivity contribution in [1.82, 2.24) is 0 Å². The Morgan fingerprint density at radius 1 is 1.44 bits per heavy atom. The number of hydrogen-bond donors (Lipinski definition) is 0. The van der Waals surface area contributed by atoms with Gasteiger partial charge < -0.3 is 4.74 Å². The fraction of sp³-hybridized carbons (Fsp3) is 0.643. The molecule has 1 unspecified atom stereocenters. The quantitative estimate of drug-likeness (QED) is 0.681. The molecule has 0 heterocycles. The first kappa shape index (κ1) is 13.2. The molecule has 0 aromatic rings. The molecular formula is C14H22O2. The van der Waals surface area contributed by atoms with E-state index in [0.29, 0.717) is 6.42 Å². The summed E-state index contributed by atoms with van der Waals surface area (Å²) >= 11 is 0. The minimum Gasteiger partial charge on any atom is -0.362 e. The van der Waals surface area contributed by atoms with Gasteiger partial charge in [-0.25, -0.2) is 0 Å². The molecule has 0 aliphatic heterocycles. The maximum absolute atomic E-state index is 12.3. The van der Waals surface area contributed by atoms with Gasteiger partial charge in [-0.05, 0) is 44.8 Å². The van der Waals surface area contributed by atoms with Crippen molar-refractivity contribution in [2.24, 2.45) is 0 Å². The number of carbonyl (C=O) groups is 1. The van der Waals surface area contributed by atoms with Crippen molar-refractivity contribution >= 4 is 5.78 Å². The molecular weight excluding hydrogens is 200 g/mol. The molecule has 0 fully saturated rings. The van der Waals surface area contributed by atoms with Crippen molar-refractivity contribution in [2.45, 2.75) is 52.6 Å². The van der Waals surface area contributed by atoms with E-state index in [2.05, 4.69) is 13.0 Å². The lowest BCUT2D eigenvalue weighted by Gasteiger charge is -2.37. The summed E-state index contributed by atoms with van der Waals surface area (Å²) in [5.41, 5.74) is 2.58. The van der Waals surface area contributed by atoms with Crippen molar-refractivity contribution < 1.29 is 9.53 Å². The average Bonchev–Trinajstić information content (AvgIpc) is 2.26. The fourth-order valence-electron chi connectivity index (χ4n) is 2.46. The van der Waals surface area contributed by atoms with E-state index in [1.807, 2.05) is 20.8 Å². The van der Waals surface area contributed by atoms with Crippen LogP contribution in [0, 0.1) is 0 Å². The number of Topliss-reactive ketones (excluding diaryl/α,β-unsaturated/α-hetero) is 1. The molecule has 0 saturated heterocycles. The van der Waals surface area contributed by atoms with Gasteiger partial charge in [0.05, 0.1) is 0 Å². The van der Waals surface area contributed by atoms with Gasteiger partial charge in [-0.3, -0.25) is 4.79 Å². The van der Waals surface area contributed by atoms with E-state index in [1.165, 1.54) is 5.57 Å². The molecule has 0 N–H and O–H groups in total. The summed E-state index contributed by atoms with van der Waals surface area (Å²) in [7, 11) is 1.63. The Bertz CT molecular complexity index is 350. The Hall–Kier alpha value is -0.890. The molecule has 0 saturated carbocycles. The zero-order chi connectivity index (χ0) is 12.3. The summed E-state index contributed by atoms with van der Waals surface area (Å²) in [6, 6.07) is 0. The third-order valence-electron chi connectivity index (χ3n) is 3.61. The smallest absolute Gasteiger partial charge is 0.173 e. The number of rotatable bonds is 4. The van der Waals surface area contributed by atoms with Gasteiger partial charge in [0.25, 0.3) is 0 Å².